The molecule has 3 aliphatic heterocycles. The first-order valence-electron chi connectivity index (χ1n) is 9.63. The van der Waals surface area contributed by atoms with Crippen molar-refractivity contribution in [2.45, 2.75) is 29.9 Å². The number of hydrogen-bond acceptors (Lipinski definition) is 4. The van der Waals surface area contributed by atoms with Crippen LogP contribution in [0.3, 0.4) is 0 Å². The zero-order valence-electron chi connectivity index (χ0n) is 15.7. The molecule has 1 amide bonds. The van der Waals surface area contributed by atoms with Gasteiger partial charge in [0.2, 0.25) is 10.0 Å². The SMILES string of the molecule is O=C(c1cccc(Cl)c1)N1C[C@@H]2C[C@@H]3[C@@](C1)(CN(Cc1ccccc1)S3(=O)=O)O2. The Hall–Kier alpha value is -1.93. The van der Waals surface area contributed by atoms with Gasteiger partial charge in [-0.25, -0.2) is 8.42 Å². The molecule has 2 aromatic rings. The average Bonchev–Trinajstić information content (AvgIpc) is 3.07. The van der Waals surface area contributed by atoms with Crippen LogP contribution in [0.25, 0.3) is 0 Å². The van der Waals surface area contributed by atoms with E-state index in [1.165, 1.54) is 4.31 Å². The second kappa shape index (κ2) is 6.80. The number of carbonyl (C=O) groups excluding carboxylic acids is 1. The number of amides is 1. The lowest BCUT2D eigenvalue weighted by Gasteiger charge is -2.39. The Morgan fingerprint density at radius 3 is 2.69 bits per heavy atom. The van der Waals surface area contributed by atoms with Gasteiger partial charge in [-0.2, -0.15) is 4.31 Å². The normalized spacial score (nSPS) is 30.3. The molecule has 0 radical (unpaired) electrons. The minimum Gasteiger partial charge on any atom is -0.365 e. The third-order valence-corrected chi connectivity index (χ3v) is 8.63. The molecule has 29 heavy (non-hydrogen) atoms. The third kappa shape index (κ3) is 3.17. The molecule has 5 rings (SSSR count). The highest BCUT2D eigenvalue weighted by Gasteiger charge is 2.65. The van der Waals surface area contributed by atoms with E-state index in [1.54, 1.807) is 29.2 Å². The van der Waals surface area contributed by atoms with E-state index in [9.17, 15) is 13.2 Å². The van der Waals surface area contributed by atoms with Crippen LogP contribution in [0.4, 0.5) is 0 Å². The van der Waals surface area contributed by atoms with Gasteiger partial charge in [0.25, 0.3) is 5.91 Å². The van der Waals surface area contributed by atoms with E-state index in [1.807, 2.05) is 30.3 Å². The zero-order valence-corrected chi connectivity index (χ0v) is 17.3. The Kier molecular flexibility index (Phi) is 4.47. The first kappa shape index (κ1) is 19.1. The molecule has 1 spiro atoms. The van der Waals surface area contributed by atoms with Gasteiger partial charge in [0.15, 0.2) is 0 Å². The molecule has 3 saturated heterocycles. The van der Waals surface area contributed by atoms with E-state index < -0.39 is 20.9 Å². The summed E-state index contributed by atoms with van der Waals surface area (Å²) < 4.78 is 34.2. The van der Waals surface area contributed by atoms with Gasteiger partial charge in [-0.15, -0.1) is 0 Å². The molecule has 8 heteroatoms. The molecule has 0 aromatic heterocycles. The maximum absolute atomic E-state index is 13.2. The Labute approximate surface area is 175 Å². The van der Waals surface area contributed by atoms with Crippen LogP contribution in [0.2, 0.25) is 5.02 Å². The highest BCUT2D eigenvalue weighted by atomic mass is 35.5. The summed E-state index contributed by atoms with van der Waals surface area (Å²) in [5.41, 5.74) is 0.575. The monoisotopic (exact) mass is 432 g/mol. The Morgan fingerprint density at radius 2 is 1.93 bits per heavy atom. The summed E-state index contributed by atoms with van der Waals surface area (Å²) in [5, 5.41) is -0.110. The number of nitrogens with zero attached hydrogens (tertiary/aromatic N) is 2. The van der Waals surface area contributed by atoms with E-state index in [0.717, 1.165) is 5.56 Å². The number of halogens is 1. The Balaban J connectivity index is 1.41. The third-order valence-electron chi connectivity index (χ3n) is 6.07. The predicted octanol–water partition coefficient (Wildman–Crippen LogP) is 2.54. The number of carbonyl (C=O) groups is 1. The molecule has 152 valence electrons. The quantitative estimate of drug-likeness (QED) is 0.747. The number of ether oxygens (including phenoxy) is 1. The lowest BCUT2D eigenvalue weighted by molar-refractivity contribution is -0.0980. The largest absolute Gasteiger partial charge is 0.365 e. The van der Waals surface area contributed by atoms with Gasteiger partial charge in [-0.1, -0.05) is 48.0 Å². The Morgan fingerprint density at radius 1 is 1.14 bits per heavy atom. The predicted molar refractivity (Wildman–Crippen MR) is 109 cm³/mol. The smallest absolute Gasteiger partial charge is 0.254 e. The van der Waals surface area contributed by atoms with Crippen LogP contribution in [0, 0.1) is 0 Å². The fourth-order valence-electron chi connectivity index (χ4n) is 4.84. The molecule has 2 bridgehead atoms. The zero-order chi connectivity index (χ0) is 20.2. The number of hydrogen-bond donors (Lipinski definition) is 0. The summed E-state index contributed by atoms with van der Waals surface area (Å²) in [5.74, 6) is -0.139. The minimum absolute atomic E-state index is 0.139. The van der Waals surface area contributed by atoms with E-state index in [4.69, 9.17) is 16.3 Å². The maximum Gasteiger partial charge on any atom is 0.254 e. The van der Waals surface area contributed by atoms with Crippen molar-refractivity contribution in [2.75, 3.05) is 19.6 Å². The number of morpholine rings is 1. The molecular weight excluding hydrogens is 412 g/mol. The summed E-state index contributed by atoms with van der Waals surface area (Å²) in [6.07, 6.45) is 0.165. The van der Waals surface area contributed by atoms with Crippen LogP contribution in [0.1, 0.15) is 22.3 Å². The number of rotatable bonds is 3. The van der Waals surface area contributed by atoms with Crippen LogP contribution in [0.5, 0.6) is 0 Å². The number of sulfonamides is 1. The fourth-order valence-corrected chi connectivity index (χ4v) is 7.32. The first-order chi connectivity index (χ1) is 13.9. The molecule has 3 fully saturated rings. The molecule has 0 N–H and O–H groups in total. The molecule has 0 aliphatic carbocycles. The summed E-state index contributed by atoms with van der Waals surface area (Å²) >= 11 is 6.04. The average molecular weight is 433 g/mol. The molecule has 3 atom stereocenters. The lowest BCUT2D eigenvalue weighted by Crippen LogP contribution is -2.56. The van der Waals surface area contributed by atoms with Gasteiger partial charge >= 0.3 is 0 Å². The van der Waals surface area contributed by atoms with E-state index in [2.05, 4.69) is 0 Å². The van der Waals surface area contributed by atoms with E-state index >= 15 is 0 Å². The maximum atomic E-state index is 13.2. The van der Waals surface area contributed by atoms with Crippen LogP contribution in [-0.2, 0) is 21.3 Å². The molecular formula is C21H21ClN2O4S. The molecule has 3 aliphatic rings. The van der Waals surface area contributed by atoms with Crippen LogP contribution in [0.15, 0.2) is 54.6 Å². The van der Waals surface area contributed by atoms with Crippen molar-refractivity contribution in [2.24, 2.45) is 0 Å². The van der Waals surface area contributed by atoms with Crippen LogP contribution >= 0.6 is 11.6 Å². The molecule has 0 saturated carbocycles. The second-order valence-corrected chi connectivity index (χ2v) is 10.6. The number of likely N-dealkylation sites (tertiary alicyclic amines) is 1. The van der Waals surface area contributed by atoms with Crippen molar-refractivity contribution in [3.8, 4) is 0 Å². The number of fused-ring (bicyclic) bond motifs is 1. The highest BCUT2D eigenvalue weighted by molar-refractivity contribution is 7.90. The molecule has 3 heterocycles. The number of benzene rings is 2. The van der Waals surface area contributed by atoms with Crippen molar-refractivity contribution in [1.82, 2.24) is 9.21 Å². The van der Waals surface area contributed by atoms with Crippen molar-refractivity contribution < 1.29 is 17.9 Å². The van der Waals surface area contributed by atoms with E-state index in [-0.39, 0.29) is 25.1 Å². The van der Waals surface area contributed by atoms with Crippen molar-refractivity contribution in [3.05, 3.63) is 70.7 Å². The second-order valence-electron chi connectivity index (χ2n) is 8.02. The molecule has 0 unspecified atom stereocenters. The summed E-state index contributed by atoms with van der Waals surface area (Å²) in [4.78, 5) is 14.8. The van der Waals surface area contributed by atoms with Crippen molar-refractivity contribution in [3.63, 3.8) is 0 Å². The topological polar surface area (TPSA) is 66.9 Å². The van der Waals surface area contributed by atoms with Gasteiger partial charge in [-0.3, -0.25) is 4.79 Å². The molecule has 6 nitrogen and oxygen atoms in total. The minimum atomic E-state index is -3.50. The standard InChI is InChI=1S/C21H21ClN2O4S/c22-17-8-4-7-16(9-17)20(25)23-12-18-10-19-21(13-23,28-18)14-24(29(19,26)27)11-15-5-2-1-3-6-15/h1-9,18-19H,10-14H2/t18-,19+,21+/m0/s1. The van der Waals surface area contributed by atoms with E-state index in [0.29, 0.717) is 30.1 Å². The van der Waals surface area contributed by atoms with Crippen molar-refractivity contribution in [1.29, 1.82) is 0 Å². The van der Waals surface area contributed by atoms with Crippen molar-refractivity contribution >= 4 is 27.5 Å². The Bertz CT molecular complexity index is 1060. The lowest BCUT2D eigenvalue weighted by atomic mass is 9.99. The van der Waals surface area contributed by atoms with Crippen LogP contribution in [-0.4, -0.2) is 60.1 Å². The van der Waals surface area contributed by atoms with Gasteiger partial charge in [-0.05, 0) is 30.2 Å². The summed E-state index contributed by atoms with van der Waals surface area (Å²) in [7, 11) is -3.50. The highest BCUT2D eigenvalue weighted by Crippen LogP contribution is 2.47. The van der Waals surface area contributed by atoms with Gasteiger partial charge in [0.1, 0.15) is 10.9 Å². The summed E-state index contributed by atoms with van der Waals surface area (Å²) in [6, 6.07) is 16.4. The van der Waals surface area contributed by atoms with Crippen LogP contribution < -0.4 is 0 Å². The summed E-state index contributed by atoms with van der Waals surface area (Å²) in [6.45, 7) is 1.25. The fraction of sp³-hybridized carbons (Fsp3) is 0.381. The van der Waals surface area contributed by atoms with Gasteiger partial charge in [0.05, 0.1) is 12.6 Å². The van der Waals surface area contributed by atoms with Gasteiger partial charge < -0.3 is 9.64 Å². The first-order valence-corrected chi connectivity index (χ1v) is 11.5. The molecule has 2 aromatic carbocycles. The van der Waals surface area contributed by atoms with Gasteiger partial charge in [0, 0.05) is 30.2 Å².